The van der Waals surface area contributed by atoms with Gasteiger partial charge in [0.05, 0.1) is 23.4 Å². The fourth-order valence-electron chi connectivity index (χ4n) is 4.04. The van der Waals surface area contributed by atoms with E-state index in [2.05, 4.69) is 15.2 Å². The Balaban J connectivity index is 0.000000405. The summed E-state index contributed by atoms with van der Waals surface area (Å²) in [6.07, 6.45) is -3.48. The van der Waals surface area contributed by atoms with E-state index < -0.39 is 22.2 Å². The number of anilines is 2. The van der Waals surface area contributed by atoms with Gasteiger partial charge in [0.2, 0.25) is 0 Å². The first-order valence-electron chi connectivity index (χ1n) is 11.1. The van der Waals surface area contributed by atoms with Gasteiger partial charge in [-0.05, 0) is 24.3 Å². The van der Waals surface area contributed by atoms with Gasteiger partial charge in [-0.25, -0.2) is 13.2 Å². The number of piperazine rings is 1. The number of sulfonamides is 1. The Morgan fingerprint density at radius 3 is 2.41 bits per heavy atom. The number of aromatic nitrogens is 1. The number of nitrogens with one attached hydrogen (secondary N) is 1. The molecule has 1 aromatic heterocycles. The van der Waals surface area contributed by atoms with E-state index in [1.807, 2.05) is 18.2 Å². The van der Waals surface area contributed by atoms with Gasteiger partial charge >= 0.3 is 12.1 Å². The Kier molecular flexibility index (Phi) is 7.67. The summed E-state index contributed by atoms with van der Waals surface area (Å²) in [4.78, 5) is 15.6. The van der Waals surface area contributed by atoms with Gasteiger partial charge in [-0.1, -0.05) is 29.8 Å². The fourth-order valence-corrected chi connectivity index (χ4v) is 5.86. The van der Waals surface area contributed by atoms with Gasteiger partial charge < -0.3 is 20.1 Å². The van der Waals surface area contributed by atoms with Crippen molar-refractivity contribution < 1.29 is 36.2 Å². The van der Waals surface area contributed by atoms with Gasteiger partial charge in [-0.2, -0.15) is 13.2 Å². The van der Waals surface area contributed by atoms with E-state index in [9.17, 15) is 21.6 Å². The van der Waals surface area contributed by atoms with Crippen molar-refractivity contribution in [2.45, 2.75) is 11.1 Å². The van der Waals surface area contributed by atoms with Crippen LogP contribution in [0.4, 0.5) is 24.5 Å². The van der Waals surface area contributed by atoms with E-state index in [-0.39, 0.29) is 18.0 Å². The quantitative estimate of drug-likeness (QED) is 0.502. The van der Waals surface area contributed by atoms with Crippen LogP contribution in [0.3, 0.4) is 0 Å². The number of hydrogen-bond acceptors (Lipinski definition) is 7. The summed E-state index contributed by atoms with van der Waals surface area (Å²) in [5.41, 5.74) is 1.75. The third kappa shape index (κ3) is 5.68. The van der Waals surface area contributed by atoms with Gasteiger partial charge in [-0.3, -0.25) is 9.29 Å². The fraction of sp³-hybridized carbons (Fsp3) is 0.304. The largest absolute Gasteiger partial charge is 0.490 e. The number of rotatable bonds is 3. The van der Waals surface area contributed by atoms with Crippen molar-refractivity contribution in [3.63, 3.8) is 0 Å². The molecule has 1 saturated heterocycles. The molecule has 198 valence electrons. The molecule has 0 saturated carbocycles. The molecule has 0 spiro atoms. The minimum Gasteiger partial charge on any atom is -0.487 e. The highest BCUT2D eigenvalue weighted by molar-refractivity contribution is 7.93. The van der Waals surface area contributed by atoms with E-state index >= 15 is 0 Å². The van der Waals surface area contributed by atoms with Crippen LogP contribution < -0.4 is 19.3 Å². The van der Waals surface area contributed by atoms with Crippen molar-refractivity contribution in [2.24, 2.45) is 0 Å². The van der Waals surface area contributed by atoms with Gasteiger partial charge in [-0.15, -0.1) is 0 Å². The molecule has 0 aliphatic carbocycles. The van der Waals surface area contributed by atoms with Crippen molar-refractivity contribution in [2.75, 3.05) is 48.5 Å². The predicted molar refractivity (Wildman–Crippen MR) is 132 cm³/mol. The molecule has 3 heterocycles. The molecule has 0 bridgehead atoms. The minimum absolute atomic E-state index is 0.178. The number of nitrogens with zero attached hydrogens (tertiary/aromatic N) is 3. The van der Waals surface area contributed by atoms with Crippen LogP contribution in [0.1, 0.15) is 0 Å². The zero-order valence-corrected chi connectivity index (χ0v) is 20.8. The van der Waals surface area contributed by atoms with Crippen molar-refractivity contribution in [1.82, 2.24) is 10.3 Å². The average Bonchev–Trinajstić information content (AvgIpc) is 2.87. The van der Waals surface area contributed by atoms with Crippen LogP contribution in [0.25, 0.3) is 10.9 Å². The van der Waals surface area contributed by atoms with Gasteiger partial charge in [0.15, 0.2) is 5.75 Å². The van der Waals surface area contributed by atoms with Crippen LogP contribution in [0.5, 0.6) is 5.75 Å². The second kappa shape index (κ2) is 10.6. The maximum absolute atomic E-state index is 13.7. The molecule has 0 amide bonds. The second-order valence-electron chi connectivity index (χ2n) is 8.07. The normalized spacial score (nSPS) is 15.9. The molecule has 14 heteroatoms. The summed E-state index contributed by atoms with van der Waals surface area (Å²) >= 11 is 6.43. The molecule has 9 nitrogen and oxygen atoms in total. The number of ether oxygens (including phenoxy) is 1. The lowest BCUT2D eigenvalue weighted by atomic mass is 10.2. The molecule has 0 atom stereocenters. The first-order valence-corrected chi connectivity index (χ1v) is 12.9. The third-order valence-corrected chi connectivity index (χ3v) is 7.75. The van der Waals surface area contributed by atoms with Crippen LogP contribution >= 0.6 is 11.6 Å². The van der Waals surface area contributed by atoms with Gasteiger partial charge in [0.1, 0.15) is 11.5 Å². The molecule has 1 fully saturated rings. The average molecular weight is 559 g/mol. The van der Waals surface area contributed by atoms with Gasteiger partial charge in [0, 0.05) is 42.8 Å². The number of carboxylic acid groups (broad SMARTS) is 1. The maximum Gasteiger partial charge on any atom is 0.490 e. The molecule has 2 aromatic carbocycles. The van der Waals surface area contributed by atoms with E-state index in [1.165, 1.54) is 4.31 Å². The molecule has 5 rings (SSSR count). The van der Waals surface area contributed by atoms with Crippen LogP contribution in [0.15, 0.2) is 53.6 Å². The number of halogens is 4. The maximum atomic E-state index is 13.7. The highest BCUT2D eigenvalue weighted by Crippen LogP contribution is 2.45. The number of carbonyl (C=O) groups is 1. The monoisotopic (exact) mass is 558 g/mol. The van der Waals surface area contributed by atoms with Crippen LogP contribution in [0.2, 0.25) is 5.02 Å². The molecule has 2 aliphatic heterocycles. The topological polar surface area (TPSA) is 112 Å². The standard InChI is InChI=1S/C21H21ClN4O3S.C2HF3O2/c22-16-13-17(25-9-7-23-8-10-25)21-18(14-16)26(11-12-29-21)30(27,28)19-5-1-3-15-4-2-6-24-20(15)19;3-2(4,5)1(6)7/h1-6,13-14,23H,7-12H2;(H,6,7). The van der Waals surface area contributed by atoms with Gasteiger partial charge in [0.25, 0.3) is 10.0 Å². The Hall–Kier alpha value is -3.29. The summed E-state index contributed by atoms with van der Waals surface area (Å²) < 4.78 is 66.6. The molecular weight excluding hydrogens is 537 g/mol. The first-order chi connectivity index (χ1) is 17.5. The van der Waals surface area contributed by atoms with E-state index in [1.54, 1.807) is 30.5 Å². The van der Waals surface area contributed by atoms with Crippen LogP contribution in [-0.4, -0.2) is 70.0 Å². The summed E-state index contributed by atoms with van der Waals surface area (Å²) in [5.74, 6) is -2.20. The number of para-hydroxylation sites is 1. The van der Waals surface area contributed by atoms with E-state index in [0.29, 0.717) is 22.0 Å². The Morgan fingerprint density at radius 2 is 1.73 bits per heavy atom. The SMILES string of the molecule is O=C(O)C(F)(F)F.O=S(=O)(c1cccc2cccnc12)N1CCOc2c(N3CCNCC3)cc(Cl)cc21. The zero-order chi connectivity index (χ0) is 26.8. The number of benzene rings is 2. The molecular formula is C23H22ClF3N4O5S. The zero-order valence-electron chi connectivity index (χ0n) is 19.2. The highest BCUT2D eigenvalue weighted by atomic mass is 35.5. The summed E-state index contributed by atoms with van der Waals surface area (Å²) in [7, 11) is -3.86. The van der Waals surface area contributed by atoms with Crippen molar-refractivity contribution >= 4 is 49.9 Å². The highest BCUT2D eigenvalue weighted by Gasteiger charge is 2.38. The van der Waals surface area contributed by atoms with Crippen molar-refractivity contribution in [3.05, 3.63) is 53.7 Å². The molecule has 0 radical (unpaired) electrons. The molecule has 3 aromatic rings. The first kappa shape index (κ1) is 26.8. The smallest absolute Gasteiger partial charge is 0.487 e. The second-order valence-corrected chi connectivity index (χ2v) is 10.3. The molecule has 0 unspecified atom stereocenters. The molecule has 2 aliphatic rings. The Morgan fingerprint density at radius 1 is 1.08 bits per heavy atom. The number of hydrogen-bond donors (Lipinski definition) is 2. The Labute approximate surface area is 215 Å². The lowest BCUT2D eigenvalue weighted by molar-refractivity contribution is -0.192. The minimum atomic E-state index is -5.08. The lowest BCUT2D eigenvalue weighted by Gasteiger charge is -2.36. The van der Waals surface area contributed by atoms with Crippen molar-refractivity contribution in [1.29, 1.82) is 0 Å². The summed E-state index contributed by atoms with van der Waals surface area (Å²) in [5, 5.41) is 11.7. The van der Waals surface area contributed by atoms with Crippen LogP contribution in [-0.2, 0) is 14.8 Å². The number of carboxylic acids is 1. The Bertz CT molecular complexity index is 1410. The van der Waals surface area contributed by atoms with Crippen LogP contribution in [0, 0.1) is 0 Å². The molecule has 2 N–H and O–H groups in total. The van der Waals surface area contributed by atoms with Crippen molar-refractivity contribution in [3.8, 4) is 5.75 Å². The number of alkyl halides is 3. The summed E-state index contributed by atoms with van der Waals surface area (Å²) in [6, 6.07) is 12.4. The number of fused-ring (bicyclic) bond motifs is 2. The third-order valence-electron chi connectivity index (χ3n) is 5.69. The molecule has 37 heavy (non-hydrogen) atoms. The summed E-state index contributed by atoms with van der Waals surface area (Å²) in [6.45, 7) is 3.78. The lowest BCUT2D eigenvalue weighted by Crippen LogP contribution is -2.44. The number of aliphatic carboxylic acids is 1. The predicted octanol–water partition coefficient (Wildman–Crippen LogP) is 3.52. The number of pyridine rings is 1. The van der Waals surface area contributed by atoms with E-state index in [4.69, 9.17) is 26.2 Å². The van der Waals surface area contributed by atoms with E-state index in [0.717, 1.165) is 37.3 Å².